The summed E-state index contributed by atoms with van der Waals surface area (Å²) in [5.74, 6) is -0.00554. The minimum Gasteiger partial charge on any atom is -0.358 e. The Kier molecular flexibility index (Phi) is 7.97. The lowest BCUT2D eigenvalue weighted by atomic mass is 10.2. The average molecular weight is 637 g/mol. The number of imidazole rings is 1. The van der Waals surface area contributed by atoms with Gasteiger partial charge in [-0.1, -0.05) is 6.07 Å². The number of alkyl halides is 2. The molecule has 5 aromatic rings. The molecule has 0 radical (unpaired) electrons. The lowest BCUT2D eigenvalue weighted by Crippen LogP contribution is -2.20. The van der Waals surface area contributed by atoms with Crippen molar-refractivity contribution in [3.8, 4) is 16.6 Å². The van der Waals surface area contributed by atoms with Crippen LogP contribution in [-0.2, 0) is 14.6 Å². The molecule has 1 atom stereocenters. The van der Waals surface area contributed by atoms with Crippen molar-refractivity contribution in [2.45, 2.75) is 43.7 Å². The van der Waals surface area contributed by atoms with Crippen LogP contribution in [0.2, 0.25) is 0 Å². The number of fused-ring (bicyclic) bond motifs is 1. The molecule has 226 valence electrons. The average Bonchev–Trinajstić information content (AvgIpc) is 3.61. The van der Waals surface area contributed by atoms with Crippen LogP contribution in [0.25, 0.3) is 21.7 Å². The number of nitriles is 1. The predicted molar refractivity (Wildman–Crippen MR) is 162 cm³/mol. The van der Waals surface area contributed by atoms with E-state index in [0.717, 1.165) is 24.0 Å². The monoisotopic (exact) mass is 636 g/mol. The van der Waals surface area contributed by atoms with Gasteiger partial charge < -0.3 is 15.4 Å². The zero-order chi connectivity index (χ0) is 31.0. The van der Waals surface area contributed by atoms with Crippen molar-refractivity contribution in [1.29, 1.82) is 5.26 Å². The Bertz CT molecular complexity index is 2010. The van der Waals surface area contributed by atoms with Crippen LogP contribution in [0.3, 0.4) is 0 Å². The summed E-state index contributed by atoms with van der Waals surface area (Å²) in [5, 5.41) is 16.1. The summed E-state index contributed by atoms with van der Waals surface area (Å²) < 4.78 is 61.9. The zero-order valence-electron chi connectivity index (χ0n) is 23.6. The molecule has 1 saturated heterocycles. The summed E-state index contributed by atoms with van der Waals surface area (Å²) in [7, 11) is -3.75. The maximum Gasteiger partial charge on any atom is 0.295 e. The van der Waals surface area contributed by atoms with E-state index < -0.39 is 28.3 Å². The minimum absolute atomic E-state index is 0.00478. The van der Waals surface area contributed by atoms with E-state index in [1.807, 2.05) is 13.0 Å². The summed E-state index contributed by atoms with van der Waals surface area (Å²) in [6.45, 7) is 2.32. The summed E-state index contributed by atoms with van der Waals surface area (Å²) in [6.07, 6.45) is 1.26. The van der Waals surface area contributed by atoms with Crippen LogP contribution in [0.4, 0.5) is 31.8 Å². The highest BCUT2D eigenvalue weighted by molar-refractivity contribution is 7.90. The van der Waals surface area contributed by atoms with Crippen molar-refractivity contribution < 1.29 is 21.9 Å². The Labute approximate surface area is 255 Å². The largest absolute Gasteiger partial charge is 0.358 e. The van der Waals surface area contributed by atoms with Gasteiger partial charge in [0.15, 0.2) is 21.3 Å². The predicted octanol–water partition coefficient (Wildman–Crippen LogP) is 6.66. The molecular formula is C29H26F2N8O3S2. The highest BCUT2D eigenvalue weighted by Crippen LogP contribution is 2.38. The number of aromatic nitrogens is 5. The molecule has 0 bridgehead atoms. The molecule has 1 aliphatic heterocycles. The van der Waals surface area contributed by atoms with E-state index in [1.54, 1.807) is 36.5 Å². The normalized spacial score (nSPS) is 15.4. The van der Waals surface area contributed by atoms with Gasteiger partial charge in [-0.25, -0.2) is 37.1 Å². The van der Waals surface area contributed by atoms with Gasteiger partial charge in [0.1, 0.15) is 40.2 Å². The Morgan fingerprint density at radius 3 is 2.61 bits per heavy atom. The second kappa shape index (κ2) is 11.9. The fourth-order valence-electron chi connectivity index (χ4n) is 5.00. The van der Waals surface area contributed by atoms with Gasteiger partial charge in [-0.05, 0) is 56.5 Å². The van der Waals surface area contributed by atoms with E-state index in [2.05, 4.69) is 30.6 Å². The van der Waals surface area contributed by atoms with Crippen molar-refractivity contribution in [2.24, 2.45) is 0 Å². The molecule has 6 rings (SSSR count). The molecule has 0 aliphatic carbocycles. The number of rotatable bonds is 8. The molecule has 1 aliphatic rings. The number of nitrogens with one attached hydrogen (secondary N) is 2. The summed E-state index contributed by atoms with van der Waals surface area (Å²) >= 11 is 1.43. The highest BCUT2D eigenvalue weighted by Gasteiger charge is 2.29. The molecule has 1 fully saturated rings. The van der Waals surface area contributed by atoms with Crippen molar-refractivity contribution in [1.82, 2.24) is 24.5 Å². The van der Waals surface area contributed by atoms with Crippen molar-refractivity contribution in [2.75, 3.05) is 23.5 Å². The Morgan fingerprint density at radius 1 is 1.09 bits per heavy atom. The van der Waals surface area contributed by atoms with Crippen LogP contribution in [0.5, 0.6) is 0 Å². The molecule has 15 heteroatoms. The molecule has 4 aromatic heterocycles. The van der Waals surface area contributed by atoms with E-state index in [0.29, 0.717) is 29.4 Å². The number of thiazole rings is 1. The molecular weight excluding hydrogens is 611 g/mol. The van der Waals surface area contributed by atoms with Crippen LogP contribution >= 0.6 is 11.3 Å². The van der Waals surface area contributed by atoms with Crippen LogP contribution in [0, 0.1) is 18.3 Å². The fourth-order valence-corrected chi connectivity index (χ4v) is 6.62. The van der Waals surface area contributed by atoms with Gasteiger partial charge in [-0.2, -0.15) is 5.26 Å². The number of nitrogens with zero attached hydrogens (tertiary/aromatic N) is 6. The van der Waals surface area contributed by atoms with Crippen molar-refractivity contribution in [3.63, 3.8) is 0 Å². The first-order valence-corrected chi connectivity index (χ1v) is 16.3. The Hall–Kier alpha value is -4.52. The first kappa shape index (κ1) is 29.5. The van der Waals surface area contributed by atoms with Gasteiger partial charge in [-0.3, -0.25) is 4.57 Å². The number of pyridine rings is 2. The topological polar surface area (TPSA) is 148 Å². The minimum atomic E-state index is -3.75. The number of hydrogen-bond acceptors (Lipinski definition) is 11. The molecule has 11 nitrogen and oxygen atoms in total. The number of anilines is 4. The van der Waals surface area contributed by atoms with Gasteiger partial charge in [0.2, 0.25) is 0 Å². The maximum atomic E-state index is 14.4. The number of sulfone groups is 1. The molecule has 1 aromatic carbocycles. The number of ether oxygens (including phenoxy) is 1. The number of aryl methyl sites for hydroxylation is 1. The molecule has 44 heavy (non-hydrogen) atoms. The summed E-state index contributed by atoms with van der Waals surface area (Å²) in [4.78, 5) is 18.5. The van der Waals surface area contributed by atoms with E-state index in [9.17, 15) is 22.5 Å². The highest BCUT2D eigenvalue weighted by atomic mass is 32.2. The molecule has 1 unspecified atom stereocenters. The number of benzene rings is 1. The third-order valence-corrected chi connectivity index (χ3v) is 9.05. The van der Waals surface area contributed by atoms with Gasteiger partial charge in [0, 0.05) is 35.6 Å². The van der Waals surface area contributed by atoms with Crippen molar-refractivity contribution >= 4 is 55.3 Å². The van der Waals surface area contributed by atoms with Gasteiger partial charge in [0.25, 0.3) is 6.43 Å². The quantitative estimate of drug-likeness (QED) is 0.189. The summed E-state index contributed by atoms with van der Waals surface area (Å²) in [6, 6.07) is 13.2. The zero-order valence-corrected chi connectivity index (χ0v) is 25.2. The lowest BCUT2D eigenvalue weighted by Gasteiger charge is -2.25. The van der Waals surface area contributed by atoms with Crippen LogP contribution in [0.15, 0.2) is 53.6 Å². The second-order valence-corrected chi connectivity index (χ2v) is 13.4. The van der Waals surface area contributed by atoms with Crippen LogP contribution in [0.1, 0.15) is 48.3 Å². The van der Waals surface area contributed by atoms with Crippen LogP contribution in [-0.4, -0.2) is 45.8 Å². The molecule has 2 N–H and O–H groups in total. The third kappa shape index (κ3) is 5.96. The second-order valence-electron chi connectivity index (χ2n) is 10.2. The van der Waals surface area contributed by atoms with E-state index in [4.69, 9.17) is 4.74 Å². The molecule has 5 heterocycles. The van der Waals surface area contributed by atoms with Crippen LogP contribution < -0.4 is 10.6 Å². The fraction of sp³-hybridized carbons (Fsp3) is 0.276. The van der Waals surface area contributed by atoms with Gasteiger partial charge in [-0.15, -0.1) is 11.3 Å². The van der Waals surface area contributed by atoms with E-state index in [1.165, 1.54) is 28.0 Å². The lowest BCUT2D eigenvalue weighted by molar-refractivity contribution is -0.0363. The van der Waals surface area contributed by atoms with Gasteiger partial charge in [0.05, 0.1) is 16.3 Å². The standard InChI is InChI=1S/C29H26F2N8O3S2/c1-16-15-33-29(43-16)17-9-10-19(21(12-17)44(2,40)41)35-20-13-23(36-22-7-5-6-18(14-32)34-22)37-27-25(20)38-28(26(30)31)39(27)24-8-3-4-11-42-24/h5-7,9-10,12-13,15,24,26H,3-4,8,11H2,1-2H3,(H2,34,35,36,37). The van der Waals surface area contributed by atoms with E-state index in [-0.39, 0.29) is 38.9 Å². The summed E-state index contributed by atoms with van der Waals surface area (Å²) in [5.41, 5.74) is 1.47. The first-order chi connectivity index (χ1) is 21.1. The Morgan fingerprint density at radius 2 is 1.93 bits per heavy atom. The smallest absolute Gasteiger partial charge is 0.295 e. The number of hydrogen-bond donors (Lipinski definition) is 2. The first-order valence-electron chi connectivity index (χ1n) is 13.6. The van der Waals surface area contributed by atoms with E-state index >= 15 is 0 Å². The Balaban J connectivity index is 1.52. The molecule has 0 spiro atoms. The maximum absolute atomic E-state index is 14.4. The van der Waals surface area contributed by atoms with Gasteiger partial charge >= 0.3 is 0 Å². The number of halogens is 2. The SMILES string of the molecule is Cc1cnc(-c2ccc(Nc3cc(Nc4cccc(C#N)n4)nc4c3nc(C(F)F)n4C3CCCCO3)c(S(C)(=O)=O)c2)s1. The van der Waals surface area contributed by atoms with Crippen molar-refractivity contribution in [3.05, 3.63) is 65.1 Å². The molecule has 0 amide bonds. The third-order valence-electron chi connectivity index (χ3n) is 6.95. The molecule has 0 saturated carbocycles.